The summed E-state index contributed by atoms with van der Waals surface area (Å²) in [6.45, 7) is 6.69. The fraction of sp³-hybridized carbons (Fsp3) is 0.300. The maximum absolute atomic E-state index is 11.9. The van der Waals surface area contributed by atoms with Crippen molar-refractivity contribution in [3.8, 4) is 11.5 Å². The molecule has 2 rings (SSSR count). The molecule has 6 heteroatoms. The van der Waals surface area contributed by atoms with Crippen LogP contribution in [0.2, 0.25) is 0 Å². The van der Waals surface area contributed by atoms with Gasteiger partial charge in [-0.05, 0) is 50.6 Å². The van der Waals surface area contributed by atoms with Crippen molar-refractivity contribution in [2.24, 2.45) is 5.16 Å². The Labute approximate surface area is 153 Å². The number of hydrogen-bond acceptors (Lipinski definition) is 5. The minimum atomic E-state index is -0.266. The molecule has 2 aromatic carbocycles. The molecule has 6 nitrogen and oxygen atoms in total. The summed E-state index contributed by atoms with van der Waals surface area (Å²) in [7, 11) is 0. The molecule has 0 aromatic heterocycles. The number of nitrogens with one attached hydrogen (secondary N) is 1. The first-order valence-corrected chi connectivity index (χ1v) is 8.54. The van der Waals surface area contributed by atoms with Crippen LogP contribution in [-0.2, 0) is 9.63 Å². The van der Waals surface area contributed by atoms with E-state index in [4.69, 9.17) is 14.3 Å². The van der Waals surface area contributed by atoms with Crippen LogP contribution in [-0.4, -0.2) is 31.9 Å². The number of amides is 1. The lowest BCUT2D eigenvalue weighted by atomic mass is 10.2. The van der Waals surface area contributed by atoms with E-state index in [0.717, 1.165) is 16.8 Å². The van der Waals surface area contributed by atoms with Crippen molar-refractivity contribution in [2.45, 2.75) is 20.8 Å². The van der Waals surface area contributed by atoms with Crippen LogP contribution in [0.15, 0.2) is 47.6 Å². The van der Waals surface area contributed by atoms with Crippen LogP contribution in [0, 0.1) is 6.92 Å². The SMILES string of the molecule is CCOc1ccc(C=NOCC(=O)Nc2ccccc2C)cc1OCC. The lowest BCUT2D eigenvalue weighted by Crippen LogP contribution is -2.17. The molecule has 0 fully saturated rings. The predicted molar refractivity (Wildman–Crippen MR) is 102 cm³/mol. The van der Waals surface area contributed by atoms with E-state index in [0.29, 0.717) is 24.7 Å². The van der Waals surface area contributed by atoms with Gasteiger partial charge in [0.25, 0.3) is 5.91 Å². The van der Waals surface area contributed by atoms with Gasteiger partial charge in [0, 0.05) is 11.3 Å². The first-order valence-electron chi connectivity index (χ1n) is 8.54. The number of rotatable bonds is 9. The maximum Gasteiger partial charge on any atom is 0.265 e. The lowest BCUT2D eigenvalue weighted by Gasteiger charge is -2.11. The van der Waals surface area contributed by atoms with Crippen molar-refractivity contribution in [3.63, 3.8) is 0 Å². The highest BCUT2D eigenvalue weighted by Crippen LogP contribution is 2.28. The average molecular weight is 356 g/mol. The fourth-order valence-electron chi connectivity index (χ4n) is 2.24. The first-order chi connectivity index (χ1) is 12.6. The van der Waals surface area contributed by atoms with Crippen molar-refractivity contribution >= 4 is 17.8 Å². The summed E-state index contributed by atoms with van der Waals surface area (Å²) in [5.41, 5.74) is 2.54. The largest absolute Gasteiger partial charge is 0.490 e. The van der Waals surface area contributed by atoms with Crippen LogP contribution in [0.25, 0.3) is 0 Å². The Kier molecular flexibility index (Phi) is 7.49. The van der Waals surface area contributed by atoms with E-state index in [1.807, 2.05) is 63.2 Å². The zero-order valence-electron chi connectivity index (χ0n) is 15.3. The molecule has 1 amide bonds. The van der Waals surface area contributed by atoms with Crippen molar-refractivity contribution < 1.29 is 19.1 Å². The monoisotopic (exact) mass is 356 g/mol. The van der Waals surface area contributed by atoms with Gasteiger partial charge in [0.2, 0.25) is 0 Å². The van der Waals surface area contributed by atoms with E-state index in [9.17, 15) is 4.79 Å². The van der Waals surface area contributed by atoms with Crippen molar-refractivity contribution in [1.29, 1.82) is 0 Å². The van der Waals surface area contributed by atoms with Gasteiger partial charge in [-0.2, -0.15) is 0 Å². The molecule has 0 spiro atoms. The van der Waals surface area contributed by atoms with Gasteiger partial charge in [-0.1, -0.05) is 23.4 Å². The number of hydrogen-bond donors (Lipinski definition) is 1. The normalized spacial score (nSPS) is 10.6. The predicted octanol–water partition coefficient (Wildman–Crippen LogP) is 3.78. The molecule has 0 saturated heterocycles. The van der Waals surface area contributed by atoms with Gasteiger partial charge in [-0.3, -0.25) is 4.79 Å². The average Bonchev–Trinajstić information content (AvgIpc) is 2.63. The van der Waals surface area contributed by atoms with Gasteiger partial charge < -0.3 is 19.6 Å². The van der Waals surface area contributed by atoms with Gasteiger partial charge in [-0.15, -0.1) is 0 Å². The second-order valence-corrected chi connectivity index (χ2v) is 5.44. The van der Waals surface area contributed by atoms with Gasteiger partial charge in [-0.25, -0.2) is 0 Å². The number of aryl methyl sites for hydroxylation is 1. The Bertz CT molecular complexity index is 759. The smallest absolute Gasteiger partial charge is 0.265 e. The Morgan fingerprint density at radius 2 is 1.81 bits per heavy atom. The van der Waals surface area contributed by atoms with Crippen LogP contribution >= 0.6 is 0 Å². The zero-order valence-corrected chi connectivity index (χ0v) is 15.3. The third-order valence-electron chi connectivity index (χ3n) is 3.46. The molecule has 138 valence electrons. The minimum absolute atomic E-state index is 0.166. The second-order valence-electron chi connectivity index (χ2n) is 5.44. The summed E-state index contributed by atoms with van der Waals surface area (Å²) in [5.74, 6) is 1.07. The lowest BCUT2D eigenvalue weighted by molar-refractivity contribution is -0.120. The van der Waals surface area contributed by atoms with Crippen LogP contribution in [0.3, 0.4) is 0 Å². The molecule has 0 saturated carbocycles. The number of carbonyl (C=O) groups is 1. The van der Waals surface area contributed by atoms with Gasteiger partial charge >= 0.3 is 0 Å². The Morgan fingerprint density at radius 1 is 1.08 bits per heavy atom. The van der Waals surface area contributed by atoms with Crippen LogP contribution in [0.4, 0.5) is 5.69 Å². The van der Waals surface area contributed by atoms with Crippen LogP contribution in [0.5, 0.6) is 11.5 Å². The molecule has 26 heavy (non-hydrogen) atoms. The molecule has 0 unspecified atom stereocenters. The zero-order chi connectivity index (χ0) is 18.8. The van der Waals surface area contributed by atoms with Crippen LogP contribution in [0.1, 0.15) is 25.0 Å². The minimum Gasteiger partial charge on any atom is -0.490 e. The second kappa shape index (κ2) is 10.1. The van der Waals surface area contributed by atoms with Gasteiger partial charge in [0.05, 0.1) is 19.4 Å². The number of ether oxygens (including phenoxy) is 2. The van der Waals surface area contributed by atoms with E-state index in [1.54, 1.807) is 0 Å². The van der Waals surface area contributed by atoms with Crippen molar-refractivity contribution in [3.05, 3.63) is 53.6 Å². The van der Waals surface area contributed by atoms with E-state index in [2.05, 4.69) is 10.5 Å². The third kappa shape index (κ3) is 5.81. The van der Waals surface area contributed by atoms with Crippen molar-refractivity contribution in [1.82, 2.24) is 0 Å². The molecule has 2 aromatic rings. The highest BCUT2D eigenvalue weighted by Gasteiger charge is 2.06. The molecule has 0 atom stereocenters. The van der Waals surface area contributed by atoms with E-state index < -0.39 is 0 Å². The highest BCUT2D eigenvalue weighted by atomic mass is 16.6. The first kappa shape index (κ1) is 19.3. The summed E-state index contributed by atoms with van der Waals surface area (Å²) in [5, 5.41) is 6.62. The number of anilines is 1. The number of oxime groups is 1. The van der Waals surface area contributed by atoms with E-state index in [1.165, 1.54) is 6.21 Å². The third-order valence-corrected chi connectivity index (χ3v) is 3.46. The van der Waals surface area contributed by atoms with Gasteiger partial charge in [0.1, 0.15) is 0 Å². The molecule has 0 aliphatic carbocycles. The Hall–Kier alpha value is -3.02. The van der Waals surface area contributed by atoms with Crippen LogP contribution < -0.4 is 14.8 Å². The summed E-state index contributed by atoms with van der Waals surface area (Å²) in [4.78, 5) is 17.0. The fourth-order valence-corrected chi connectivity index (χ4v) is 2.24. The summed E-state index contributed by atoms with van der Waals surface area (Å²) in [6, 6.07) is 13.0. The Balaban J connectivity index is 1.88. The number of benzene rings is 2. The molecule has 0 aliphatic rings. The topological polar surface area (TPSA) is 69.2 Å². The molecular formula is C20H24N2O4. The number of para-hydroxylation sites is 1. The van der Waals surface area contributed by atoms with Gasteiger partial charge in [0.15, 0.2) is 18.1 Å². The highest BCUT2D eigenvalue weighted by molar-refractivity contribution is 5.92. The molecular weight excluding hydrogens is 332 g/mol. The standard InChI is InChI=1S/C20H24N2O4/c1-4-24-18-11-10-16(12-19(18)25-5-2)13-21-26-14-20(23)22-17-9-7-6-8-15(17)3/h6-13H,4-5,14H2,1-3H3,(H,22,23). The van der Waals surface area contributed by atoms with Crippen molar-refractivity contribution in [2.75, 3.05) is 25.1 Å². The number of carbonyl (C=O) groups excluding carboxylic acids is 1. The molecule has 0 bridgehead atoms. The molecule has 0 aliphatic heterocycles. The quantitative estimate of drug-likeness (QED) is 0.548. The summed E-state index contributed by atoms with van der Waals surface area (Å²) >= 11 is 0. The Morgan fingerprint density at radius 3 is 2.54 bits per heavy atom. The molecule has 1 N–H and O–H groups in total. The molecule has 0 heterocycles. The molecule has 0 radical (unpaired) electrons. The van der Waals surface area contributed by atoms with E-state index >= 15 is 0 Å². The maximum atomic E-state index is 11.9. The van der Waals surface area contributed by atoms with E-state index in [-0.39, 0.29) is 12.5 Å². The number of nitrogens with zero attached hydrogens (tertiary/aromatic N) is 1. The summed E-state index contributed by atoms with van der Waals surface area (Å²) in [6.07, 6.45) is 1.53. The summed E-state index contributed by atoms with van der Waals surface area (Å²) < 4.78 is 11.1.